The van der Waals surface area contributed by atoms with Crippen LogP contribution in [0.25, 0.3) is 5.57 Å². The van der Waals surface area contributed by atoms with Crippen molar-refractivity contribution >= 4 is 11.5 Å². The fourth-order valence-corrected chi connectivity index (χ4v) is 2.27. The average molecular weight is 231 g/mol. The van der Waals surface area contributed by atoms with Gasteiger partial charge in [-0.2, -0.15) is 0 Å². The van der Waals surface area contributed by atoms with Crippen LogP contribution in [0, 0.1) is 6.92 Å². The number of rotatable bonds is 2. The Morgan fingerprint density at radius 1 is 1.47 bits per heavy atom. The van der Waals surface area contributed by atoms with Crippen molar-refractivity contribution in [3.05, 3.63) is 35.2 Å². The molecular formula is C14H17NO2. The van der Waals surface area contributed by atoms with Gasteiger partial charge in [0.05, 0.1) is 6.61 Å². The smallest absolute Gasteiger partial charge is 0.331 e. The summed E-state index contributed by atoms with van der Waals surface area (Å²) in [4.78, 5) is 15.7. The lowest BCUT2D eigenvalue weighted by Gasteiger charge is -2.20. The van der Waals surface area contributed by atoms with Gasteiger partial charge in [-0.05, 0) is 55.4 Å². The lowest BCUT2D eigenvalue weighted by molar-refractivity contribution is -0.137. The summed E-state index contributed by atoms with van der Waals surface area (Å²) in [6.45, 7) is 4.30. The van der Waals surface area contributed by atoms with E-state index in [0.717, 1.165) is 30.4 Å². The van der Waals surface area contributed by atoms with Crippen molar-refractivity contribution in [3.8, 4) is 0 Å². The number of pyridine rings is 1. The van der Waals surface area contributed by atoms with Gasteiger partial charge in [0, 0.05) is 18.5 Å². The normalized spacial score (nSPS) is 16.7. The Morgan fingerprint density at radius 3 is 3.06 bits per heavy atom. The molecule has 3 heteroatoms. The minimum Gasteiger partial charge on any atom is -0.463 e. The summed E-state index contributed by atoms with van der Waals surface area (Å²) in [6.07, 6.45) is 8.44. The molecule has 17 heavy (non-hydrogen) atoms. The number of aromatic nitrogens is 1. The summed E-state index contributed by atoms with van der Waals surface area (Å²) in [5.74, 6) is -0.253. The van der Waals surface area contributed by atoms with Crippen molar-refractivity contribution < 1.29 is 9.53 Å². The molecule has 1 aliphatic rings. The van der Waals surface area contributed by atoms with E-state index in [1.807, 2.05) is 19.3 Å². The molecule has 0 saturated carbocycles. The first kappa shape index (κ1) is 11.8. The second kappa shape index (κ2) is 5.13. The molecule has 2 rings (SSSR count). The van der Waals surface area contributed by atoms with Gasteiger partial charge in [-0.1, -0.05) is 0 Å². The molecule has 0 saturated heterocycles. The van der Waals surface area contributed by atoms with Gasteiger partial charge in [0.15, 0.2) is 0 Å². The molecule has 0 aromatic carbocycles. The SMILES string of the molecule is CCOC(=O)C=C1CCCc2c(C)cncc21. The molecule has 0 fully saturated rings. The van der Waals surface area contributed by atoms with Gasteiger partial charge in [-0.3, -0.25) is 4.98 Å². The van der Waals surface area contributed by atoms with Crippen molar-refractivity contribution in [1.82, 2.24) is 4.98 Å². The van der Waals surface area contributed by atoms with Crippen molar-refractivity contribution in [2.24, 2.45) is 0 Å². The van der Waals surface area contributed by atoms with Gasteiger partial charge in [0.1, 0.15) is 0 Å². The fourth-order valence-electron chi connectivity index (χ4n) is 2.27. The molecule has 0 spiro atoms. The first-order valence-electron chi connectivity index (χ1n) is 6.03. The Hall–Kier alpha value is -1.64. The summed E-state index contributed by atoms with van der Waals surface area (Å²) >= 11 is 0. The number of nitrogens with zero attached hydrogens (tertiary/aromatic N) is 1. The number of carbonyl (C=O) groups excluding carboxylic acids is 1. The molecule has 0 aliphatic heterocycles. The van der Waals surface area contributed by atoms with Gasteiger partial charge in [0.2, 0.25) is 0 Å². The average Bonchev–Trinajstić information content (AvgIpc) is 2.31. The zero-order chi connectivity index (χ0) is 12.3. The monoisotopic (exact) mass is 231 g/mol. The minimum atomic E-state index is -0.253. The van der Waals surface area contributed by atoms with Crippen LogP contribution in [0.1, 0.15) is 36.5 Å². The van der Waals surface area contributed by atoms with E-state index in [1.54, 1.807) is 6.08 Å². The molecule has 0 unspecified atom stereocenters. The summed E-state index contributed by atoms with van der Waals surface area (Å²) in [5.41, 5.74) is 4.70. The van der Waals surface area contributed by atoms with Crippen molar-refractivity contribution in [2.75, 3.05) is 6.61 Å². The van der Waals surface area contributed by atoms with E-state index in [4.69, 9.17) is 4.74 Å². The van der Waals surface area contributed by atoms with Gasteiger partial charge < -0.3 is 4.74 Å². The van der Waals surface area contributed by atoms with E-state index in [0.29, 0.717) is 6.61 Å². The molecule has 0 radical (unpaired) electrons. The number of esters is 1. The van der Waals surface area contributed by atoms with Crippen LogP contribution in [0.5, 0.6) is 0 Å². The minimum absolute atomic E-state index is 0.253. The maximum absolute atomic E-state index is 11.5. The molecule has 3 nitrogen and oxygen atoms in total. The molecule has 0 N–H and O–H groups in total. The van der Waals surface area contributed by atoms with Gasteiger partial charge in [-0.25, -0.2) is 4.79 Å². The number of hydrogen-bond acceptors (Lipinski definition) is 3. The van der Waals surface area contributed by atoms with Crippen LogP contribution in [0.2, 0.25) is 0 Å². The Labute approximate surface area is 102 Å². The van der Waals surface area contributed by atoms with Crippen LogP contribution in [0.3, 0.4) is 0 Å². The predicted molar refractivity (Wildman–Crippen MR) is 66.5 cm³/mol. The van der Waals surface area contributed by atoms with Crippen LogP contribution in [-0.2, 0) is 16.0 Å². The largest absolute Gasteiger partial charge is 0.463 e. The molecule has 1 heterocycles. The highest BCUT2D eigenvalue weighted by Gasteiger charge is 2.17. The summed E-state index contributed by atoms with van der Waals surface area (Å²) in [7, 11) is 0. The van der Waals surface area contributed by atoms with Crippen LogP contribution < -0.4 is 0 Å². The molecule has 1 aromatic rings. The first-order chi connectivity index (χ1) is 8.22. The zero-order valence-electron chi connectivity index (χ0n) is 10.3. The van der Waals surface area contributed by atoms with Gasteiger partial charge in [0.25, 0.3) is 0 Å². The molecule has 0 amide bonds. The van der Waals surface area contributed by atoms with E-state index in [-0.39, 0.29) is 5.97 Å². The van der Waals surface area contributed by atoms with Crippen molar-refractivity contribution in [3.63, 3.8) is 0 Å². The topological polar surface area (TPSA) is 39.2 Å². The lowest BCUT2D eigenvalue weighted by atomic mass is 9.86. The molecule has 90 valence electrons. The maximum Gasteiger partial charge on any atom is 0.331 e. The number of allylic oxidation sites excluding steroid dienone is 1. The standard InChI is InChI=1S/C14H17NO2/c1-3-17-14(16)7-11-5-4-6-12-10(2)8-15-9-13(11)12/h7-9H,3-6H2,1-2H3. The molecule has 1 aliphatic carbocycles. The Kier molecular flexibility index (Phi) is 3.57. The second-order valence-corrected chi connectivity index (χ2v) is 4.26. The Morgan fingerprint density at radius 2 is 2.29 bits per heavy atom. The Bertz CT molecular complexity index is 463. The molecule has 0 bridgehead atoms. The summed E-state index contributed by atoms with van der Waals surface area (Å²) < 4.78 is 4.95. The van der Waals surface area contributed by atoms with Crippen molar-refractivity contribution in [2.45, 2.75) is 33.1 Å². The predicted octanol–water partition coefficient (Wildman–Crippen LogP) is 2.67. The van der Waals surface area contributed by atoms with E-state index in [2.05, 4.69) is 11.9 Å². The van der Waals surface area contributed by atoms with Crippen molar-refractivity contribution in [1.29, 1.82) is 0 Å². The number of aryl methyl sites for hydroxylation is 1. The van der Waals surface area contributed by atoms with Gasteiger partial charge in [-0.15, -0.1) is 0 Å². The molecular weight excluding hydrogens is 214 g/mol. The molecule has 0 atom stereocenters. The number of hydrogen-bond donors (Lipinski definition) is 0. The van der Waals surface area contributed by atoms with E-state index in [9.17, 15) is 4.79 Å². The summed E-state index contributed by atoms with van der Waals surface area (Å²) in [5, 5.41) is 0. The number of ether oxygens (including phenoxy) is 1. The highest BCUT2D eigenvalue weighted by atomic mass is 16.5. The highest BCUT2D eigenvalue weighted by Crippen LogP contribution is 2.31. The third-order valence-corrected chi connectivity index (χ3v) is 3.07. The zero-order valence-corrected chi connectivity index (χ0v) is 10.3. The van der Waals surface area contributed by atoms with Crippen LogP contribution in [0.15, 0.2) is 18.5 Å². The van der Waals surface area contributed by atoms with Crippen LogP contribution >= 0.6 is 0 Å². The highest BCUT2D eigenvalue weighted by molar-refractivity contribution is 5.92. The second-order valence-electron chi connectivity index (χ2n) is 4.26. The quantitative estimate of drug-likeness (QED) is 0.580. The van der Waals surface area contributed by atoms with E-state index < -0.39 is 0 Å². The lowest BCUT2D eigenvalue weighted by Crippen LogP contribution is -2.08. The summed E-state index contributed by atoms with van der Waals surface area (Å²) in [6, 6.07) is 0. The number of fused-ring (bicyclic) bond motifs is 1. The van der Waals surface area contributed by atoms with E-state index >= 15 is 0 Å². The Balaban J connectivity index is 2.35. The fraction of sp³-hybridized carbons (Fsp3) is 0.429. The molecule has 1 aromatic heterocycles. The maximum atomic E-state index is 11.5. The van der Waals surface area contributed by atoms with Gasteiger partial charge >= 0.3 is 5.97 Å². The van der Waals surface area contributed by atoms with Crippen LogP contribution in [-0.4, -0.2) is 17.6 Å². The third-order valence-electron chi connectivity index (χ3n) is 3.07. The first-order valence-corrected chi connectivity index (χ1v) is 6.03. The third kappa shape index (κ3) is 2.54. The van der Waals surface area contributed by atoms with E-state index in [1.165, 1.54) is 11.1 Å². The number of carbonyl (C=O) groups is 1. The van der Waals surface area contributed by atoms with Crippen LogP contribution in [0.4, 0.5) is 0 Å².